The summed E-state index contributed by atoms with van der Waals surface area (Å²) < 4.78 is 5.28. The molecule has 0 heterocycles. The molecule has 0 bridgehead atoms. The van der Waals surface area contributed by atoms with E-state index in [2.05, 4.69) is 5.32 Å². The molecule has 0 aliphatic carbocycles. The van der Waals surface area contributed by atoms with E-state index in [0.29, 0.717) is 19.5 Å². The van der Waals surface area contributed by atoms with E-state index >= 15 is 0 Å². The van der Waals surface area contributed by atoms with Gasteiger partial charge in [-0.2, -0.15) is 0 Å². The summed E-state index contributed by atoms with van der Waals surface area (Å²) in [6, 6.07) is 6.83. The van der Waals surface area contributed by atoms with E-state index in [1.54, 1.807) is 19.2 Å². The Balaban J connectivity index is 2.47. The van der Waals surface area contributed by atoms with Crippen LogP contribution >= 0.6 is 0 Å². The van der Waals surface area contributed by atoms with E-state index in [1.807, 2.05) is 19.9 Å². The third-order valence-electron chi connectivity index (χ3n) is 2.86. The molecule has 0 unspecified atom stereocenters. The first kappa shape index (κ1) is 14.6. The van der Waals surface area contributed by atoms with Crippen LogP contribution in [0.2, 0.25) is 0 Å². The van der Waals surface area contributed by atoms with Gasteiger partial charge in [0.05, 0.1) is 10.5 Å². The molecule has 0 amide bonds. The first-order valence-corrected chi connectivity index (χ1v) is 5.94. The average molecular weight is 252 g/mol. The number of benzene rings is 1. The zero-order chi connectivity index (χ0) is 13.6. The minimum absolute atomic E-state index is 0.185. The highest BCUT2D eigenvalue weighted by Gasteiger charge is 2.16. The summed E-state index contributed by atoms with van der Waals surface area (Å²) in [5.41, 5.74) is 0.721. The molecular formula is C13H20N2O3. The number of nitrogens with one attached hydrogen (secondary N) is 1. The molecule has 0 saturated carbocycles. The first-order chi connectivity index (χ1) is 8.46. The summed E-state index contributed by atoms with van der Waals surface area (Å²) in [4.78, 5) is 10.5. The van der Waals surface area contributed by atoms with E-state index < -0.39 is 0 Å². The zero-order valence-electron chi connectivity index (χ0n) is 11.1. The fourth-order valence-corrected chi connectivity index (χ4v) is 1.58. The van der Waals surface area contributed by atoms with Crippen LogP contribution in [-0.2, 0) is 11.2 Å². The molecule has 100 valence electrons. The molecule has 0 fully saturated rings. The van der Waals surface area contributed by atoms with E-state index in [0.717, 1.165) is 5.56 Å². The molecule has 1 N–H and O–H groups in total. The van der Waals surface area contributed by atoms with Crippen LogP contribution in [-0.4, -0.2) is 30.7 Å². The number of hydrogen-bond acceptors (Lipinski definition) is 4. The quantitative estimate of drug-likeness (QED) is 0.459. The SMILES string of the molecule is COC(C)(C)CNCCc1ccccc1[N+](=O)[O-]. The Labute approximate surface area is 107 Å². The maximum Gasteiger partial charge on any atom is 0.272 e. The van der Waals surface area contributed by atoms with Gasteiger partial charge in [0.25, 0.3) is 5.69 Å². The predicted molar refractivity (Wildman–Crippen MR) is 70.8 cm³/mol. The van der Waals surface area contributed by atoms with Gasteiger partial charge < -0.3 is 10.1 Å². The van der Waals surface area contributed by atoms with Crippen LogP contribution in [0.25, 0.3) is 0 Å². The van der Waals surface area contributed by atoms with Gasteiger partial charge in [-0.15, -0.1) is 0 Å². The van der Waals surface area contributed by atoms with Gasteiger partial charge in [-0.3, -0.25) is 10.1 Å². The van der Waals surface area contributed by atoms with Crippen molar-refractivity contribution in [1.82, 2.24) is 5.32 Å². The number of nitrogens with zero attached hydrogens (tertiary/aromatic N) is 1. The summed E-state index contributed by atoms with van der Waals surface area (Å²) in [6.07, 6.45) is 0.636. The highest BCUT2D eigenvalue weighted by molar-refractivity contribution is 5.39. The first-order valence-electron chi connectivity index (χ1n) is 5.94. The van der Waals surface area contributed by atoms with Crippen LogP contribution in [0.15, 0.2) is 24.3 Å². The Hall–Kier alpha value is -1.46. The lowest BCUT2D eigenvalue weighted by Gasteiger charge is -2.23. The second-order valence-electron chi connectivity index (χ2n) is 4.78. The molecule has 0 spiro atoms. The summed E-state index contributed by atoms with van der Waals surface area (Å²) >= 11 is 0. The number of rotatable bonds is 7. The monoisotopic (exact) mass is 252 g/mol. The highest BCUT2D eigenvalue weighted by atomic mass is 16.6. The minimum atomic E-state index is -0.339. The van der Waals surface area contributed by atoms with Crippen molar-refractivity contribution in [1.29, 1.82) is 0 Å². The van der Waals surface area contributed by atoms with Gasteiger partial charge in [0, 0.05) is 25.3 Å². The Morgan fingerprint density at radius 2 is 2.06 bits per heavy atom. The van der Waals surface area contributed by atoms with Crippen molar-refractivity contribution >= 4 is 5.69 Å². The van der Waals surface area contributed by atoms with Crippen molar-refractivity contribution in [3.63, 3.8) is 0 Å². The molecule has 1 rings (SSSR count). The third kappa shape index (κ3) is 4.43. The lowest BCUT2D eigenvalue weighted by molar-refractivity contribution is -0.385. The normalized spacial score (nSPS) is 11.5. The van der Waals surface area contributed by atoms with Gasteiger partial charge in [-0.05, 0) is 26.8 Å². The standard InChI is InChI=1S/C13H20N2O3/c1-13(2,18-3)10-14-9-8-11-6-4-5-7-12(11)15(16)17/h4-7,14H,8-10H2,1-3H3. The summed E-state index contributed by atoms with van der Waals surface area (Å²) in [5, 5.41) is 14.1. The third-order valence-corrected chi connectivity index (χ3v) is 2.86. The second kappa shape index (κ2) is 6.47. The number of hydrogen-bond donors (Lipinski definition) is 1. The van der Waals surface area contributed by atoms with Crippen molar-refractivity contribution < 1.29 is 9.66 Å². The summed E-state index contributed by atoms with van der Waals surface area (Å²) in [5.74, 6) is 0. The topological polar surface area (TPSA) is 64.4 Å². The van der Waals surface area contributed by atoms with Crippen molar-refractivity contribution in [2.24, 2.45) is 0 Å². The molecular weight excluding hydrogens is 232 g/mol. The predicted octanol–water partition coefficient (Wildman–Crippen LogP) is 2.15. The Bertz CT molecular complexity index is 405. The number of nitro benzene ring substituents is 1. The molecule has 0 aromatic heterocycles. The molecule has 1 aromatic rings. The molecule has 18 heavy (non-hydrogen) atoms. The Morgan fingerprint density at radius 3 is 2.67 bits per heavy atom. The zero-order valence-corrected chi connectivity index (χ0v) is 11.1. The fourth-order valence-electron chi connectivity index (χ4n) is 1.58. The summed E-state index contributed by atoms with van der Waals surface area (Å²) in [7, 11) is 1.67. The van der Waals surface area contributed by atoms with Crippen LogP contribution in [0, 0.1) is 10.1 Å². The lowest BCUT2D eigenvalue weighted by Crippen LogP contribution is -2.37. The van der Waals surface area contributed by atoms with Crippen molar-refractivity contribution in [3.8, 4) is 0 Å². The largest absolute Gasteiger partial charge is 0.377 e. The van der Waals surface area contributed by atoms with E-state index in [-0.39, 0.29) is 16.2 Å². The Morgan fingerprint density at radius 1 is 1.39 bits per heavy atom. The molecule has 1 aromatic carbocycles. The number of nitro groups is 1. The molecule has 0 aliphatic rings. The maximum atomic E-state index is 10.8. The number of methoxy groups -OCH3 is 1. The molecule has 0 aliphatic heterocycles. The van der Waals surface area contributed by atoms with Crippen molar-refractivity contribution in [2.45, 2.75) is 25.9 Å². The van der Waals surface area contributed by atoms with E-state index in [1.165, 1.54) is 6.07 Å². The van der Waals surface area contributed by atoms with Crippen LogP contribution < -0.4 is 5.32 Å². The molecule has 5 heteroatoms. The van der Waals surface area contributed by atoms with Gasteiger partial charge in [0.1, 0.15) is 0 Å². The van der Waals surface area contributed by atoms with Crippen molar-refractivity contribution in [3.05, 3.63) is 39.9 Å². The average Bonchev–Trinajstić information content (AvgIpc) is 2.35. The molecule has 0 radical (unpaired) electrons. The molecule has 5 nitrogen and oxygen atoms in total. The van der Waals surface area contributed by atoms with E-state index in [9.17, 15) is 10.1 Å². The number of para-hydroxylation sites is 1. The van der Waals surface area contributed by atoms with Crippen LogP contribution in [0.5, 0.6) is 0 Å². The second-order valence-corrected chi connectivity index (χ2v) is 4.78. The fraction of sp³-hybridized carbons (Fsp3) is 0.538. The molecule has 0 saturated heterocycles. The Kier molecular flexibility index (Phi) is 5.25. The van der Waals surface area contributed by atoms with Crippen LogP contribution in [0.1, 0.15) is 19.4 Å². The maximum absolute atomic E-state index is 10.8. The van der Waals surface area contributed by atoms with Gasteiger partial charge in [-0.25, -0.2) is 0 Å². The van der Waals surface area contributed by atoms with Gasteiger partial charge in [-0.1, -0.05) is 18.2 Å². The van der Waals surface area contributed by atoms with Gasteiger partial charge in [0.15, 0.2) is 0 Å². The van der Waals surface area contributed by atoms with Gasteiger partial charge in [0.2, 0.25) is 0 Å². The van der Waals surface area contributed by atoms with Crippen LogP contribution in [0.4, 0.5) is 5.69 Å². The lowest BCUT2D eigenvalue weighted by atomic mass is 10.1. The van der Waals surface area contributed by atoms with Crippen LogP contribution in [0.3, 0.4) is 0 Å². The smallest absolute Gasteiger partial charge is 0.272 e. The van der Waals surface area contributed by atoms with Gasteiger partial charge >= 0.3 is 0 Å². The van der Waals surface area contributed by atoms with Crippen molar-refractivity contribution in [2.75, 3.05) is 20.2 Å². The molecule has 0 atom stereocenters. The summed E-state index contributed by atoms with van der Waals surface area (Å²) in [6.45, 7) is 5.39. The highest BCUT2D eigenvalue weighted by Crippen LogP contribution is 2.17. The van der Waals surface area contributed by atoms with E-state index in [4.69, 9.17) is 4.74 Å². The number of ether oxygens (including phenoxy) is 1. The minimum Gasteiger partial charge on any atom is -0.377 e.